The number of aryl methyl sites for hydroxylation is 1. The Morgan fingerprint density at radius 1 is 1.33 bits per heavy atom. The minimum Gasteiger partial charge on any atom is -0.318 e. The summed E-state index contributed by atoms with van der Waals surface area (Å²) in [5.74, 6) is 0. The van der Waals surface area contributed by atoms with E-state index in [9.17, 15) is 13.2 Å². The van der Waals surface area contributed by atoms with Crippen molar-refractivity contribution < 1.29 is 13.2 Å². The molecule has 0 aromatic carbocycles. The van der Waals surface area contributed by atoms with Crippen molar-refractivity contribution in [3.8, 4) is 0 Å². The molecule has 0 bridgehead atoms. The summed E-state index contributed by atoms with van der Waals surface area (Å²) in [7, 11) is 0. The molecule has 0 aliphatic heterocycles. The second-order valence-corrected chi connectivity index (χ2v) is 4.86. The zero-order valence-electron chi connectivity index (χ0n) is 9.40. The fraction of sp³-hybridized carbons (Fsp3) is 0.273. The van der Waals surface area contributed by atoms with Gasteiger partial charge in [-0.05, 0) is 24.6 Å². The Labute approximate surface area is 105 Å². The number of hydrogen-bond acceptors (Lipinski definition) is 4. The predicted octanol–water partition coefficient (Wildman–Crippen LogP) is 2.91. The van der Waals surface area contributed by atoms with Gasteiger partial charge in [0.15, 0.2) is 5.01 Å². The first-order valence-corrected chi connectivity index (χ1v) is 5.90. The molecule has 0 saturated carbocycles. The number of halogens is 3. The van der Waals surface area contributed by atoms with Crippen LogP contribution in [0.25, 0.3) is 0 Å². The van der Waals surface area contributed by atoms with E-state index in [1.165, 1.54) is 0 Å². The molecule has 2 rings (SSSR count). The Balaban J connectivity index is 2.29. The van der Waals surface area contributed by atoms with E-state index in [1.807, 2.05) is 6.92 Å². The Kier molecular flexibility index (Phi) is 3.36. The number of pyridine rings is 1. The van der Waals surface area contributed by atoms with Crippen LogP contribution in [0.2, 0.25) is 0 Å². The zero-order chi connectivity index (χ0) is 13.3. The maximum absolute atomic E-state index is 12.4. The van der Waals surface area contributed by atoms with Crippen LogP contribution in [0, 0.1) is 6.92 Å². The van der Waals surface area contributed by atoms with E-state index >= 15 is 0 Å². The van der Waals surface area contributed by atoms with Crippen LogP contribution in [0.3, 0.4) is 0 Å². The average molecular weight is 273 g/mol. The zero-order valence-corrected chi connectivity index (χ0v) is 10.2. The van der Waals surface area contributed by atoms with Gasteiger partial charge in [-0.15, -0.1) is 11.3 Å². The number of aromatic nitrogens is 2. The van der Waals surface area contributed by atoms with Crippen LogP contribution in [-0.2, 0) is 6.18 Å². The SMILES string of the molecule is Cc1ccnc(C(N)c2cnc(C(F)(F)F)s2)c1. The molecule has 1 unspecified atom stereocenters. The molecule has 0 spiro atoms. The number of nitrogens with zero attached hydrogens (tertiary/aromatic N) is 2. The number of thiazole rings is 1. The molecule has 0 radical (unpaired) electrons. The molecular weight excluding hydrogens is 263 g/mol. The van der Waals surface area contributed by atoms with Gasteiger partial charge in [0.2, 0.25) is 0 Å². The molecule has 96 valence electrons. The van der Waals surface area contributed by atoms with Crippen LogP contribution in [-0.4, -0.2) is 9.97 Å². The van der Waals surface area contributed by atoms with Crippen molar-refractivity contribution in [2.45, 2.75) is 19.1 Å². The second kappa shape index (κ2) is 4.66. The van der Waals surface area contributed by atoms with Gasteiger partial charge in [0.05, 0.1) is 11.7 Å². The van der Waals surface area contributed by atoms with Crippen molar-refractivity contribution in [3.63, 3.8) is 0 Å². The normalized spacial score (nSPS) is 13.6. The third-order valence-corrected chi connectivity index (χ3v) is 3.45. The summed E-state index contributed by atoms with van der Waals surface area (Å²) in [6.07, 6.45) is -1.69. The maximum Gasteiger partial charge on any atom is 0.443 e. The second-order valence-electron chi connectivity index (χ2n) is 3.80. The van der Waals surface area contributed by atoms with E-state index in [2.05, 4.69) is 9.97 Å². The lowest BCUT2D eigenvalue weighted by molar-refractivity contribution is -0.137. The molecule has 2 N–H and O–H groups in total. The molecule has 0 fully saturated rings. The highest BCUT2D eigenvalue weighted by atomic mass is 32.1. The largest absolute Gasteiger partial charge is 0.443 e. The first-order valence-electron chi connectivity index (χ1n) is 5.09. The molecule has 0 amide bonds. The van der Waals surface area contributed by atoms with E-state index in [0.717, 1.165) is 11.8 Å². The highest BCUT2D eigenvalue weighted by molar-refractivity contribution is 7.11. The van der Waals surface area contributed by atoms with Crippen LogP contribution < -0.4 is 5.73 Å². The van der Waals surface area contributed by atoms with Crippen LogP contribution in [0.15, 0.2) is 24.5 Å². The van der Waals surface area contributed by atoms with Crippen LogP contribution >= 0.6 is 11.3 Å². The van der Waals surface area contributed by atoms with Gasteiger partial charge < -0.3 is 5.73 Å². The average Bonchev–Trinajstić information content (AvgIpc) is 2.77. The number of nitrogens with two attached hydrogens (primary N) is 1. The summed E-state index contributed by atoms with van der Waals surface area (Å²) < 4.78 is 37.3. The fourth-order valence-corrected chi connectivity index (χ4v) is 2.23. The van der Waals surface area contributed by atoms with Crippen molar-refractivity contribution in [3.05, 3.63) is 45.7 Å². The van der Waals surface area contributed by atoms with Gasteiger partial charge in [0.1, 0.15) is 0 Å². The van der Waals surface area contributed by atoms with Gasteiger partial charge in [-0.3, -0.25) is 4.98 Å². The van der Waals surface area contributed by atoms with Gasteiger partial charge in [-0.25, -0.2) is 4.98 Å². The highest BCUT2D eigenvalue weighted by Crippen LogP contribution is 2.34. The Hall–Kier alpha value is -1.47. The van der Waals surface area contributed by atoms with Gasteiger partial charge >= 0.3 is 6.18 Å². The first-order chi connectivity index (χ1) is 8.38. The number of rotatable bonds is 2. The molecule has 1 atom stereocenters. The van der Waals surface area contributed by atoms with E-state index in [1.54, 1.807) is 18.3 Å². The Morgan fingerprint density at radius 2 is 2.06 bits per heavy atom. The lowest BCUT2D eigenvalue weighted by atomic mass is 10.1. The summed E-state index contributed by atoms with van der Waals surface area (Å²) in [5.41, 5.74) is 7.37. The molecule has 18 heavy (non-hydrogen) atoms. The minimum absolute atomic E-state index is 0.348. The predicted molar refractivity (Wildman–Crippen MR) is 62.1 cm³/mol. The summed E-state index contributed by atoms with van der Waals surface area (Å²) in [5, 5.41) is -0.888. The molecule has 2 aromatic heterocycles. The summed E-state index contributed by atoms with van der Waals surface area (Å²) in [6, 6.07) is 2.86. The standard InChI is InChI=1S/C11H10F3N3S/c1-6-2-3-16-7(4-6)9(15)8-5-17-10(18-8)11(12,13)14/h2-5,9H,15H2,1H3. The smallest absolute Gasteiger partial charge is 0.318 e. The van der Waals surface area contributed by atoms with Crippen LogP contribution in [0.5, 0.6) is 0 Å². The van der Waals surface area contributed by atoms with Crippen molar-refractivity contribution in [2.75, 3.05) is 0 Å². The van der Waals surface area contributed by atoms with E-state index < -0.39 is 17.2 Å². The van der Waals surface area contributed by atoms with Gasteiger partial charge in [0.25, 0.3) is 0 Å². The fourth-order valence-electron chi connectivity index (χ4n) is 1.44. The van der Waals surface area contributed by atoms with E-state index in [-0.39, 0.29) is 0 Å². The summed E-state index contributed by atoms with van der Waals surface area (Å²) >= 11 is 0.548. The molecule has 2 heterocycles. The van der Waals surface area contributed by atoms with E-state index in [4.69, 9.17) is 5.73 Å². The molecule has 3 nitrogen and oxygen atoms in total. The van der Waals surface area contributed by atoms with Crippen molar-refractivity contribution in [2.24, 2.45) is 5.73 Å². The third kappa shape index (κ3) is 2.68. The van der Waals surface area contributed by atoms with Gasteiger partial charge in [-0.2, -0.15) is 13.2 Å². The van der Waals surface area contributed by atoms with Crippen LogP contribution in [0.4, 0.5) is 13.2 Å². The Morgan fingerprint density at radius 3 is 2.61 bits per heavy atom. The molecule has 0 saturated heterocycles. The molecular formula is C11H10F3N3S. The van der Waals surface area contributed by atoms with Crippen molar-refractivity contribution >= 4 is 11.3 Å². The number of alkyl halides is 3. The van der Waals surface area contributed by atoms with E-state index in [0.29, 0.717) is 21.9 Å². The van der Waals surface area contributed by atoms with Gasteiger partial charge in [-0.1, -0.05) is 0 Å². The molecule has 2 aromatic rings. The maximum atomic E-state index is 12.4. The third-order valence-electron chi connectivity index (χ3n) is 2.33. The topological polar surface area (TPSA) is 51.8 Å². The molecule has 7 heteroatoms. The first kappa shape index (κ1) is 13.0. The van der Waals surface area contributed by atoms with Gasteiger partial charge in [0, 0.05) is 17.3 Å². The molecule has 0 aliphatic carbocycles. The highest BCUT2D eigenvalue weighted by Gasteiger charge is 2.35. The van der Waals surface area contributed by atoms with Crippen molar-refractivity contribution in [1.29, 1.82) is 0 Å². The monoisotopic (exact) mass is 273 g/mol. The van der Waals surface area contributed by atoms with Crippen LogP contribution in [0.1, 0.15) is 27.2 Å². The molecule has 0 aliphatic rings. The summed E-state index contributed by atoms with van der Waals surface area (Å²) in [4.78, 5) is 7.75. The minimum atomic E-state index is -4.43. The quantitative estimate of drug-likeness (QED) is 0.915. The summed E-state index contributed by atoms with van der Waals surface area (Å²) in [6.45, 7) is 1.87. The Bertz CT molecular complexity index is 550. The lowest BCUT2D eigenvalue weighted by Crippen LogP contribution is -2.12. The number of hydrogen-bond donors (Lipinski definition) is 1. The van der Waals surface area contributed by atoms with Crippen molar-refractivity contribution in [1.82, 2.24) is 9.97 Å². The lowest BCUT2D eigenvalue weighted by Gasteiger charge is -2.08.